The number of hydrogen-bond donors (Lipinski definition) is 1. The number of amides is 1. The summed E-state index contributed by atoms with van der Waals surface area (Å²) in [7, 11) is -3.78. The number of fused-ring (bicyclic) bond motifs is 1. The van der Waals surface area contributed by atoms with E-state index in [0.717, 1.165) is 5.56 Å². The second kappa shape index (κ2) is 12.1. The van der Waals surface area contributed by atoms with Crippen LogP contribution in [-0.2, 0) is 30.7 Å². The number of benzene rings is 2. The van der Waals surface area contributed by atoms with Gasteiger partial charge in [-0.1, -0.05) is 18.5 Å². The van der Waals surface area contributed by atoms with Crippen LogP contribution in [0.3, 0.4) is 0 Å². The Morgan fingerprint density at radius 3 is 2.42 bits per heavy atom. The van der Waals surface area contributed by atoms with Crippen molar-refractivity contribution >= 4 is 49.9 Å². The molecule has 214 valence electrons. The number of nitrogens with zero attached hydrogens (tertiary/aromatic N) is 2. The summed E-state index contributed by atoms with van der Waals surface area (Å²) in [6, 6.07) is 9.27. The van der Waals surface area contributed by atoms with Gasteiger partial charge in [0.25, 0.3) is 5.91 Å². The maximum atomic E-state index is 13.3. The lowest BCUT2D eigenvalue weighted by atomic mass is 10.1. The van der Waals surface area contributed by atoms with E-state index in [4.69, 9.17) is 30.2 Å². The third kappa shape index (κ3) is 6.11. The van der Waals surface area contributed by atoms with Gasteiger partial charge < -0.3 is 28.8 Å². The number of halogens is 1. The molecule has 2 aliphatic heterocycles. The van der Waals surface area contributed by atoms with Gasteiger partial charge >= 0.3 is 5.63 Å². The summed E-state index contributed by atoms with van der Waals surface area (Å²) in [4.78, 5) is 27.1. The Morgan fingerprint density at radius 2 is 1.73 bits per heavy atom. The van der Waals surface area contributed by atoms with Crippen molar-refractivity contribution in [2.24, 2.45) is 0 Å². The largest absolute Gasteiger partial charge is 0.482 e. The molecule has 3 aromatic rings. The van der Waals surface area contributed by atoms with Crippen molar-refractivity contribution in [2.75, 3.05) is 69.4 Å². The summed E-state index contributed by atoms with van der Waals surface area (Å²) in [6.45, 7) is 4.89. The van der Waals surface area contributed by atoms with Gasteiger partial charge in [0.15, 0.2) is 6.61 Å². The van der Waals surface area contributed by atoms with E-state index >= 15 is 0 Å². The van der Waals surface area contributed by atoms with Gasteiger partial charge in [0.05, 0.1) is 47.7 Å². The third-order valence-corrected chi connectivity index (χ3v) is 9.01. The summed E-state index contributed by atoms with van der Waals surface area (Å²) in [5, 5.41) is 3.76. The van der Waals surface area contributed by atoms with Gasteiger partial charge in [-0.05, 0) is 36.2 Å². The number of anilines is 2. The lowest BCUT2D eigenvalue weighted by Crippen LogP contribution is -2.40. The molecule has 2 aromatic carbocycles. The second-order valence-electron chi connectivity index (χ2n) is 9.35. The monoisotopic (exact) mass is 591 g/mol. The zero-order valence-electron chi connectivity index (χ0n) is 22.0. The van der Waals surface area contributed by atoms with Crippen LogP contribution >= 0.6 is 11.6 Å². The molecular weight excluding hydrogens is 562 g/mol. The number of carbonyl (C=O) groups is 1. The van der Waals surface area contributed by atoms with E-state index in [1.165, 1.54) is 22.5 Å². The molecule has 3 heterocycles. The molecule has 0 saturated carbocycles. The third-order valence-electron chi connectivity index (χ3n) is 6.82. The first-order valence-electron chi connectivity index (χ1n) is 13.0. The highest BCUT2D eigenvalue weighted by molar-refractivity contribution is 7.89. The SMILES string of the molecule is CCc1cc(=O)oc2cc(OCC(=O)Nc3cc(S(=O)(=O)N4CCOCC4)ccc3N3CCOCC3)c(Cl)cc12. The van der Waals surface area contributed by atoms with E-state index in [1.807, 2.05) is 11.8 Å². The van der Waals surface area contributed by atoms with Crippen LogP contribution in [-0.4, -0.2) is 77.8 Å². The average molecular weight is 592 g/mol. The van der Waals surface area contributed by atoms with Crippen molar-refractivity contribution < 1.29 is 31.8 Å². The fraction of sp³-hybridized carbons (Fsp3) is 0.407. The van der Waals surface area contributed by atoms with Crippen LogP contribution in [0.15, 0.2) is 50.5 Å². The van der Waals surface area contributed by atoms with E-state index in [-0.39, 0.29) is 28.8 Å². The Balaban J connectivity index is 1.38. The second-order valence-corrected chi connectivity index (χ2v) is 11.7. The highest BCUT2D eigenvalue weighted by atomic mass is 35.5. The zero-order chi connectivity index (χ0) is 28.3. The normalized spacial score (nSPS) is 16.7. The molecule has 0 aliphatic carbocycles. The maximum Gasteiger partial charge on any atom is 0.336 e. The predicted molar refractivity (Wildman–Crippen MR) is 150 cm³/mol. The zero-order valence-corrected chi connectivity index (χ0v) is 23.6. The lowest BCUT2D eigenvalue weighted by molar-refractivity contribution is -0.118. The molecule has 0 bridgehead atoms. The quantitative estimate of drug-likeness (QED) is 0.393. The number of aryl methyl sites for hydroxylation is 1. The summed E-state index contributed by atoms with van der Waals surface area (Å²) in [5.74, 6) is -0.340. The van der Waals surface area contributed by atoms with Crippen LogP contribution in [0.25, 0.3) is 11.0 Å². The Hall–Kier alpha value is -3.16. The standard InChI is InChI=1S/C27H30ClN3O8S/c1-2-18-13-27(33)39-24-16-25(21(28)15-20(18)24)38-17-26(32)29-22-14-19(40(34,35)31-7-11-37-12-8-31)3-4-23(22)30-5-9-36-10-6-30/h3-4,13-16H,2,5-12,17H2,1H3,(H,29,32). The van der Waals surface area contributed by atoms with Crippen LogP contribution in [0, 0.1) is 0 Å². The lowest BCUT2D eigenvalue weighted by Gasteiger charge is -2.31. The first kappa shape index (κ1) is 28.4. The van der Waals surface area contributed by atoms with Crippen LogP contribution in [0.2, 0.25) is 5.02 Å². The van der Waals surface area contributed by atoms with Crippen LogP contribution in [0.5, 0.6) is 5.75 Å². The summed E-state index contributed by atoms with van der Waals surface area (Å²) in [5.41, 5.74) is 1.63. The van der Waals surface area contributed by atoms with Gasteiger partial charge in [-0.3, -0.25) is 4.79 Å². The molecule has 0 atom stereocenters. The van der Waals surface area contributed by atoms with E-state index in [9.17, 15) is 18.0 Å². The minimum Gasteiger partial charge on any atom is -0.482 e. The molecular formula is C27H30ClN3O8S. The van der Waals surface area contributed by atoms with Gasteiger partial charge in [-0.25, -0.2) is 13.2 Å². The number of rotatable bonds is 8. The Labute approximate surface area is 236 Å². The smallest absolute Gasteiger partial charge is 0.336 e. The van der Waals surface area contributed by atoms with Crippen LogP contribution in [0.4, 0.5) is 11.4 Å². The van der Waals surface area contributed by atoms with Crippen molar-refractivity contribution in [2.45, 2.75) is 18.2 Å². The van der Waals surface area contributed by atoms with Gasteiger partial charge in [0, 0.05) is 43.7 Å². The van der Waals surface area contributed by atoms with Gasteiger partial charge in [0.2, 0.25) is 10.0 Å². The van der Waals surface area contributed by atoms with E-state index in [1.54, 1.807) is 18.2 Å². The van der Waals surface area contributed by atoms with Gasteiger partial charge in [0.1, 0.15) is 11.3 Å². The maximum absolute atomic E-state index is 13.3. The number of hydrogen-bond acceptors (Lipinski definition) is 9. The summed E-state index contributed by atoms with van der Waals surface area (Å²) in [6.07, 6.45) is 0.618. The topological polar surface area (TPSA) is 128 Å². The highest BCUT2D eigenvalue weighted by Crippen LogP contribution is 2.33. The summed E-state index contributed by atoms with van der Waals surface area (Å²) >= 11 is 6.41. The van der Waals surface area contributed by atoms with Crippen molar-refractivity contribution in [3.8, 4) is 5.75 Å². The highest BCUT2D eigenvalue weighted by Gasteiger charge is 2.28. The molecule has 5 rings (SSSR count). The fourth-order valence-corrected chi connectivity index (χ4v) is 6.41. The predicted octanol–water partition coefficient (Wildman–Crippen LogP) is 2.88. The molecule has 40 heavy (non-hydrogen) atoms. The number of nitrogens with one attached hydrogen (secondary N) is 1. The summed E-state index contributed by atoms with van der Waals surface area (Å²) < 4.78 is 49.7. The fourth-order valence-electron chi connectivity index (χ4n) is 4.75. The van der Waals surface area contributed by atoms with E-state index in [0.29, 0.717) is 68.3 Å². The molecule has 1 amide bonds. The first-order valence-corrected chi connectivity index (χ1v) is 14.8. The van der Waals surface area contributed by atoms with Crippen molar-refractivity contribution in [1.29, 1.82) is 0 Å². The minimum atomic E-state index is -3.78. The van der Waals surface area contributed by atoms with Crippen molar-refractivity contribution in [3.05, 3.63) is 57.4 Å². The Bertz CT molecular complexity index is 1560. The first-order chi connectivity index (χ1) is 19.3. The molecule has 13 heteroatoms. The Kier molecular flexibility index (Phi) is 8.62. The van der Waals surface area contributed by atoms with Crippen molar-refractivity contribution in [1.82, 2.24) is 4.31 Å². The molecule has 2 aliphatic rings. The minimum absolute atomic E-state index is 0.0713. The molecule has 2 saturated heterocycles. The number of carbonyl (C=O) groups excluding carboxylic acids is 1. The van der Waals surface area contributed by atoms with Gasteiger partial charge in [-0.2, -0.15) is 4.31 Å². The number of morpholine rings is 2. The number of sulfonamides is 1. The number of ether oxygens (including phenoxy) is 3. The Morgan fingerprint density at radius 1 is 1.02 bits per heavy atom. The van der Waals surface area contributed by atoms with E-state index < -0.39 is 28.2 Å². The molecule has 0 unspecified atom stereocenters. The molecule has 0 radical (unpaired) electrons. The molecule has 11 nitrogen and oxygen atoms in total. The molecule has 0 spiro atoms. The average Bonchev–Trinajstić information content (AvgIpc) is 2.96. The van der Waals surface area contributed by atoms with Crippen molar-refractivity contribution in [3.63, 3.8) is 0 Å². The van der Waals surface area contributed by atoms with Crippen LogP contribution in [0.1, 0.15) is 12.5 Å². The molecule has 1 aromatic heterocycles. The van der Waals surface area contributed by atoms with E-state index in [2.05, 4.69) is 5.32 Å². The molecule has 2 fully saturated rings. The van der Waals surface area contributed by atoms with Gasteiger partial charge in [-0.15, -0.1) is 0 Å². The van der Waals surface area contributed by atoms with Crippen LogP contribution < -0.4 is 20.6 Å². The molecule has 1 N–H and O–H groups in total.